The first-order chi connectivity index (χ1) is 12.2. The maximum atomic E-state index is 9.42. The summed E-state index contributed by atoms with van der Waals surface area (Å²) in [7, 11) is 0. The molecule has 3 N–H and O–H groups in total. The molecule has 0 radical (unpaired) electrons. The lowest BCUT2D eigenvalue weighted by molar-refractivity contribution is 0.280. The fourth-order valence-corrected chi connectivity index (χ4v) is 3.33. The summed E-state index contributed by atoms with van der Waals surface area (Å²) < 4.78 is 0. The molecule has 134 valence electrons. The standard InChI is InChI=1S/C20H27N3OS/c1-3-21-20(23-14-17-9-7-8-10-18(17)15-24)22-13-16(2)25-19-11-5-4-6-12-19/h4-12,16,24H,3,13-15H2,1-2H3,(H2,21,22,23). The van der Waals surface area contributed by atoms with Gasteiger partial charge in [-0.1, -0.05) is 49.4 Å². The second-order valence-electron chi connectivity index (χ2n) is 5.74. The molecule has 0 heterocycles. The Morgan fingerprint density at radius 3 is 2.40 bits per heavy atom. The average molecular weight is 358 g/mol. The number of nitrogens with one attached hydrogen (secondary N) is 2. The fraction of sp³-hybridized carbons (Fsp3) is 0.350. The topological polar surface area (TPSA) is 56.7 Å². The first-order valence-electron chi connectivity index (χ1n) is 8.64. The van der Waals surface area contributed by atoms with Crippen LogP contribution in [-0.4, -0.2) is 29.4 Å². The van der Waals surface area contributed by atoms with E-state index in [9.17, 15) is 5.11 Å². The monoisotopic (exact) mass is 357 g/mol. The first-order valence-corrected chi connectivity index (χ1v) is 9.52. The summed E-state index contributed by atoms with van der Waals surface area (Å²) in [5, 5.41) is 16.5. The number of nitrogens with zero attached hydrogens (tertiary/aromatic N) is 1. The minimum Gasteiger partial charge on any atom is -0.392 e. The van der Waals surface area contributed by atoms with Gasteiger partial charge in [-0.15, -0.1) is 11.8 Å². The van der Waals surface area contributed by atoms with Crippen LogP contribution in [0.15, 0.2) is 64.5 Å². The molecule has 0 amide bonds. The number of aliphatic hydroxyl groups excluding tert-OH is 1. The molecule has 0 aliphatic heterocycles. The predicted octanol–water partition coefficient (Wildman–Crippen LogP) is 3.41. The Bertz CT molecular complexity index is 661. The van der Waals surface area contributed by atoms with Gasteiger partial charge in [0, 0.05) is 23.2 Å². The summed E-state index contributed by atoms with van der Waals surface area (Å²) in [6, 6.07) is 18.3. The quantitative estimate of drug-likeness (QED) is 0.385. The first kappa shape index (κ1) is 19.3. The van der Waals surface area contributed by atoms with Crippen LogP contribution in [0.1, 0.15) is 25.0 Å². The van der Waals surface area contributed by atoms with E-state index >= 15 is 0 Å². The van der Waals surface area contributed by atoms with Gasteiger partial charge in [-0.05, 0) is 30.2 Å². The van der Waals surface area contributed by atoms with Gasteiger partial charge in [-0.25, -0.2) is 4.99 Å². The molecule has 0 spiro atoms. The van der Waals surface area contributed by atoms with E-state index in [1.807, 2.05) is 42.1 Å². The molecule has 1 atom stereocenters. The van der Waals surface area contributed by atoms with Crippen molar-refractivity contribution in [1.29, 1.82) is 0 Å². The fourth-order valence-electron chi connectivity index (χ4n) is 2.39. The number of thioether (sulfide) groups is 1. The molecule has 4 nitrogen and oxygen atoms in total. The van der Waals surface area contributed by atoms with E-state index in [2.05, 4.69) is 53.7 Å². The van der Waals surface area contributed by atoms with Crippen molar-refractivity contribution >= 4 is 17.7 Å². The molecule has 2 aromatic rings. The van der Waals surface area contributed by atoms with Crippen LogP contribution >= 0.6 is 11.8 Å². The Kier molecular flexibility index (Phi) is 8.35. The van der Waals surface area contributed by atoms with Crippen LogP contribution in [0.4, 0.5) is 0 Å². The third-order valence-corrected chi connectivity index (χ3v) is 4.79. The van der Waals surface area contributed by atoms with Gasteiger partial charge in [0.25, 0.3) is 0 Å². The maximum absolute atomic E-state index is 9.42. The van der Waals surface area contributed by atoms with Crippen LogP contribution in [0.5, 0.6) is 0 Å². The summed E-state index contributed by atoms with van der Waals surface area (Å²) >= 11 is 1.85. The summed E-state index contributed by atoms with van der Waals surface area (Å²) in [6.45, 7) is 6.49. The predicted molar refractivity (Wildman–Crippen MR) is 107 cm³/mol. The van der Waals surface area contributed by atoms with Crippen LogP contribution in [0.2, 0.25) is 0 Å². The van der Waals surface area contributed by atoms with Crippen LogP contribution in [0, 0.1) is 0 Å². The van der Waals surface area contributed by atoms with Crippen molar-refractivity contribution in [2.45, 2.75) is 37.1 Å². The number of aliphatic hydroxyl groups is 1. The molecule has 5 heteroatoms. The van der Waals surface area contributed by atoms with E-state index in [0.717, 1.165) is 30.2 Å². The second-order valence-corrected chi connectivity index (χ2v) is 7.26. The van der Waals surface area contributed by atoms with Gasteiger partial charge in [0.1, 0.15) is 0 Å². The van der Waals surface area contributed by atoms with Gasteiger partial charge in [0.2, 0.25) is 0 Å². The Morgan fingerprint density at radius 2 is 1.72 bits per heavy atom. The largest absolute Gasteiger partial charge is 0.392 e. The summed E-state index contributed by atoms with van der Waals surface area (Å²) in [5.74, 6) is 0.802. The van der Waals surface area contributed by atoms with Crippen molar-refractivity contribution < 1.29 is 5.11 Å². The van der Waals surface area contributed by atoms with Crippen LogP contribution in [-0.2, 0) is 13.2 Å². The Labute approximate surface area is 154 Å². The zero-order valence-electron chi connectivity index (χ0n) is 14.9. The normalized spacial score (nSPS) is 12.7. The number of benzene rings is 2. The van der Waals surface area contributed by atoms with Gasteiger partial charge in [0.15, 0.2) is 5.96 Å². The number of guanidine groups is 1. The zero-order valence-corrected chi connectivity index (χ0v) is 15.7. The lowest BCUT2D eigenvalue weighted by Gasteiger charge is -2.16. The number of hydrogen-bond acceptors (Lipinski definition) is 3. The van der Waals surface area contributed by atoms with E-state index in [0.29, 0.717) is 11.8 Å². The van der Waals surface area contributed by atoms with Crippen molar-refractivity contribution in [1.82, 2.24) is 10.6 Å². The van der Waals surface area contributed by atoms with Gasteiger partial charge in [0.05, 0.1) is 13.2 Å². The molecule has 2 aromatic carbocycles. The Balaban J connectivity index is 1.91. The molecule has 1 unspecified atom stereocenters. The molecular formula is C20H27N3OS. The van der Waals surface area contributed by atoms with Crippen LogP contribution < -0.4 is 10.6 Å². The van der Waals surface area contributed by atoms with Gasteiger partial charge < -0.3 is 15.7 Å². The molecule has 0 aliphatic carbocycles. The van der Waals surface area contributed by atoms with Crippen molar-refractivity contribution in [2.24, 2.45) is 4.99 Å². The SMILES string of the molecule is CCNC(=NCc1ccccc1CO)NCC(C)Sc1ccccc1. The van der Waals surface area contributed by atoms with E-state index in [-0.39, 0.29) is 6.61 Å². The van der Waals surface area contributed by atoms with Gasteiger partial charge in [-0.2, -0.15) is 0 Å². The number of rotatable bonds is 8. The van der Waals surface area contributed by atoms with E-state index in [1.54, 1.807) is 0 Å². The smallest absolute Gasteiger partial charge is 0.191 e. The molecule has 0 fully saturated rings. The van der Waals surface area contributed by atoms with Crippen LogP contribution in [0.3, 0.4) is 0 Å². The Hall–Kier alpha value is -1.98. The summed E-state index contributed by atoms with van der Waals surface area (Å²) in [4.78, 5) is 5.92. The highest BCUT2D eigenvalue weighted by molar-refractivity contribution is 8.00. The summed E-state index contributed by atoms with van der Waals surface area (Å²) in [5.41, 5.74) is 1.98. The highest BCUT2D eigenvalue weighted by Crippen LogP contribution is 2.21. The molecule has 2 rings (SSSR count). The van der Waals surface area contributed by atoms with Crippen molar-refractivity contribution in [3.05, 3.63) is 65.7 Å². The molecule has 0 aromatic heterocycles. The van der Waals surface area contributed by atoms with E-state index < -0.39 is 0 Å². The second kappa shape index (κ2) is 10.8. The maximum Gasteiger partial charge on any atom is 0.191 e. The third kappa shape index (κ3) is 6.80. The summed E-state index contributed by atoms with van der Waals surface area (Å²) in [6.07, 6.45) is 0. The average Bonchev–Trinajstić information content (AvgIpc) is 2.65. The third-order valence-electron chi connectivity index (χ3n) is 3.68. The molecule has 0 saturated carbocycles. The molecule has 0 aliphatic rings. The molecule has 0 bridgehead atoms. The van der Waals surface area contributed by atoms with Crippen molar-refractivity contribution in [3.63, 3.8) is 0 Å². The van der Waals surface area contributed by atoms with Gasteiger partial charge in [-0.3, -0.25) is 0 Å². The molecule has 0 saturated heterocycles. The minimum atomic E-state index is 0.0421. The Morgan fingerprint density at radius 1 is 1.04 bits per heavy atom. The lowest BCUT2D eigenvalue weighted by Crippen LogP contribution is -2.40. The van der Waals surface area contributed by atoms with Crippen molar-refractivity contribution in [2.75, 3.05) is 13.1 Å². The zero-order chi connectivity index (χ0) is 17.9. The van der Waals surface area contributed by atoms with E-state index in [4.69, 9.17) is 0 Å². The highest BCUT2D eigenvalue weighted by Gasteiger charge is 2.06. The lowest BCUT2D eigenvalue weighted by atomic mass is 10.1. The van der Waals surface area contributed by atoms with Gasteiger partial charge >= 0.3 is 0 Å². The van der Waals surface area contributed by atoms with Crippen molar-refractivity contribution in [3.8, 4) is 0 Å². The van der Waals surface area contributed by atoms with Crippen LogP contribution in [0.25, 0.3) is 0 Å². The number of aliphatic imine (C=N–C) groups is 1. The molecular weight excluding hydrogens is 330 g/mol. The highest BCUT2D eigenvalue weighted by atomic mass is 32.2. The molecule has 25 heavy (non-hydrogen) atoms. The van der Waals surface area contributed by atoms with E-state index in [1.165, 1.54) is 4.90 Å². The number of hydrogen-bond donors (Lipinski definition) is 3. The minimum absolute atomic E-state index is 0.0421.